The zero-order valence-electron chi connectivity index (χ0n) is 15.4. The van der Waals surface area contributed by atoms with E-state index in [-0.39, 0.29) is 27.4 Å². The Labute approximate surface area is 165 Å². The third-order valence-electron chi connectivity index (χ3n) is 4.97. The third-order valence-corrected chi connectivity index (χ3v) is 6.87. The van der Waals surface area contributed by atoms with Crippen LogP contribution in [-0.2, 0) is 22.9 Å². The fraction of sp³-hybridized carbons (Fsp3) is 0.350. The van der Waals surface area contributed by atoms with Gasteiger partial charge in [-0.1, -0.05) is 29.8 Å². The quantitative estimate of drug-likeness (QED) is 0.796. The molecular formula is C20H23ClN2O3S. The first kappa shape index (κ1) is 19.9. The molecule has 1 amide bonds. The van der Waals surface area contributed by atoms with Crippen LogP contribution >= 0.6 is 11.6 Å². The highest BCUT2D eigenvalue weighted by molar-refractivity contribution is 7.89. The van der Waals surface area contributed by atoms with Crippen LogP contribution in [0.3, 0.4) is 0 Å². The number of halogens is 1. The second-order valence-electron chi connectivity index (χ2n) is 6.78. The van der Waals surface area contributed by atoms with Crippen molar-refractivity contribution in [2.75, 3.05) is 7.05 Å². The topological polar surface area (TPSA) is 75.3 Å². The maximum atomic E-state index is 12.6. The van der Waals surface area contributed by atoms with Gasteiger partial charge >= 0.3 is 0 Å². The Bertz CT molecular complexity index is 973. The van der Waals surface area contributed by atoms with Crippen molar-refractivity contribution in [2.24, 2.45) is 0 Å². The summed E-state index contributed by atoms with van der Waals surface area (Å²) in [4.78, 5) is 12.5. The molecule has 144 valence electrons. The van der Waals surface area contributed by atoms with E-state index in [1.807, 2.05) is 13.0 Å². The van der Waals surface area contributed by atoms with Crippen LogP contribution in [0.4, 0.5) is 0 Å². The summed E-state index contributed by atoms with van der Waals surface area (Å²) in [6.07, 6.45) is 4.62. The summed E-state index contributed by atoms with van der Waals surface area (Å²) in [5.74, 6) is -0.343. The minimum atomic E-state index is -3.74. The Morgan fingerprint density at radius 1 is 1.07 bits per heavy atom. The molecule has 0 bridgehead atoms. The molecule has 0 unspecified atom stereocenters. The molecule has 0 saturated carbocycles. The highest BCUT2D eigenvalue weighted by Crippen LogP contribution is 2.26. The lowest BCUT2D eigenvalue weighted by Gasteiger charge is -2.20. The van der Waals surface area contributed by atoms with Crippen molar-refractivity contribution in [1.82, 2.24) is 10.0 Å². The maximum Gasteiger partial charge on any atom is 0.251 e. The number of aryl methyl sites for hydroxylation is 2. The first-order chi connectivity index (χ1) is 12.8. The van der Waals surface area contributed by atoms with Gasteiger partial charge in [0.15, 0.2) is 0 Å². The van der Waals surface area contributed by atoms with Gasteiger partial charge in [-0.2, -0.15) is 0 Å². The van der Waals surface area contributed by atoms with Gasteiger partial charge in [0, 0.05) is 5.56 Å². The molecule has 7 heteroatoms. The van der Waals surface area contributed by atoms with E-state index in [0.717, 1.165) is 18.4 Å². The Morgan fingerprint density at radius 2 is 1.78 bits per heavy atom. The summed E-state index contributed by atoms with van der Waals surface area (Å²) in [6.45, 7) is 1.92. The Kier molecular flexibility index (Phi) is 5.89. The third kappa shape index (κ3) is 4.34. The molecular weight excluding hydrogens is 384 g/mol. The summed E-state index contributed by atoms with van der Waals surface area (Å²) in [5, 5.41) is 3.01. The van der Waals surface area contributed by atoms with E-state index in [1.165, 1.54) is 49.2 Å². The van der Waals surface area contributed by atoms with Crippen LogP contribution in [0.15, 0.2) is 41.3 Å². The highest BCUT2D eigenvalue weighted by atomic mass is 35.5. The van der Waals surface area contributed by atoms with E-state index in [4.69, 9.17) is 11.6 Å². The van der Waals surface area contributed by atoms with Crippen molar-refractivity contribution in [3.05, 3.63) is 63.7 Å². The molecule has 0 saturated heterocycles. The monoisotopic (exact) mass is 406 g/mol. The molecule has 1 aliphatic rings. The van der Waals surface area contributed by atoms with Crippen molar-refractivity contribution in [1.29, 1.82) is 0 Å². The molecule has 1 atom stereocenters. The summed E-state index contributed by atoms with van der Waals surface area (Å²) in [6, 6.07) is 10.4. The SMILES string of the molecule is CNS(=O)(=O)c1cc(C(=O)N[C@@H](C)c2ccc3c(c2)CCCC3)ccc1Cl. The second kappa shape index (κ2) is 8.00. The summed E-state index contributed by atoms with van der Waals surface area (Å²) < 4.78 is 26.3. The fourth-order valence-electron chi connectivity index (χ4n) is 3.35. The summed E-state index contributed by atoms with van der Waals surface area (Å²) in [5.41, 5.74) is 4.04. The van der Waals surface area contributed by atoms with Crippen molar-refractivity contribution < 1.29 is 13.2 Å². The molecule has 1 aliphatic carbocycles. The van der Waals surface area contributed by atoms with Gasteiger partial charge in [-0.25, -0.2) is 13.1 Å². The number of carbonyl (C=O) groups is 1. The van der Waals surface area contributed by atoms with Gasteiger partial charge in [-0.15, -0.1) is 0 Å². The van der Waals surface area contributed by atoms with E-state index in [0.29, 0.717) is 0 Å². The zero-order chi connectivity index (χ0) is 19.6. The van der Waals surface area contributed by atoms with Crippen molar-refractivity contribution in [2.45, 2.75) is 43.5 Å². The number of nitrogens with one attached hydrogen (secondary N) is 2. The lowest BCUT2D eigenvalue weighted by Crippen LogP contribution is -2.27. The number of hydrogen-bond donors (Lipinski definition) is 2. The molecule has 3 rings (SSSR count). The van der Waals surface area contributed by atoms with E-state index >= 15 is 0 Å². The minimum absolute atomic E-state index is 0.0728. The molecule has 2 N–H and O–H groups in total. The fourth-order valence-corrected chi connectivity index (χ4v) is 4.60. The summed E-state index contributed by atoms with van der Waals surface area (Å²) in [7, 11) is -2.44. The van der Waals surface area contributed by atoms with Crippen LogP contribution in [0.2, 0.25) is 5.02 Å². The molecule has 0 fully saturated rings. The average Bonchev–Trinajstić information content (AvgIpc) is 2.67. The smallest absolute Gasteiger partial charge is 0.251 e. The standard InChI is InChI=1S/C20H23ClN2O3S/c1-13(15-8-7-14-5-3-4-6-16(14)11-15)23-20(24)17-9-10-18(21)19(12-17)27(25,26)22-2/h7-13,22H,3-6H2,1-2H3,(H,23,24)/t13-/m0/s1. The van der Waals surface area contributed by atoms with E-state index < -0.39 is 10.0 Å². The molecule has 0 spiro atoms. The first-order valence-electron chi connectivity index (χ1n) is 8.97. The molecule has 0 aliphatic heterocycles. The predicted molar refractivity (Wildman–Crippen MR) is 107 cm³/mol. The molecule has 2 aromatic rings. The Balaban J connectivity index is 1.80. The number of sulfonamides is 1. The number of fused-ring (bicyclic) bond motifs is 1. The minimum Gasteiger partial charge on any atom is -0.346 e. The van der Waals surface area contributed by atoms with Gasteiger partial charge in [0.25, 0.3) is 5.91 Å². The molecule has 27 heavy (non-hydrogen) atoms. The van der Waals surface area contributed by atoms with Crippen LogP contribution in [0.1, 0.15) is 52.9 Å². The first-order valence-corrected chi connectivity index (χ1v) is 10.8. The summed E-state index contributed by atoms with van der Waals surface area (Å²) >= 11 is 5.98. The number of amides is 1. The van der Waals surface area contributed by atoms with Gasteiger partial charge in [-0.05, 0) is 74.5 Å². The molecule has 5 nitrogen and oxygen atoms in total. The van der Waals surface area contributed by atoms with Gasteiger partial charge in [-0.3, -0.25) is 4.79 Å². The van der Waals surface area contributed by atoms with Gasteiger partial charge in [0.2, 0.25) is 10.0 Å². The van der Waals surface area contributed by atoms with Crippen LogP contribution in [0.25, 0.3) is 0 Å². The zero-order valence-corrected chi connectivity index (χ0v) is 17.0. The number of benzene rings is 2. The highest BCUT2D eigenvalue weighted by Gasteiger charge is 2.20. The number of rotatable bonds is 5. The largest absolute Gasteiger partial charge is 0.346 e. The van der Waals surface area contributed by atoms with Crippen LogP contribution in [-0.4, -0.2) is 21.4 Å². The Morgan fingerprint density at radius 3 is 2.48 bits per heavy atom. The van der Waals surface area contributed by atoms with Crippen LogP contribution < -0.4 is 10.0 Å². The van der Waals surface area contributed by atoms with Crippen LogP contribution in [0, 0.1) is 0 Å². The van der Waals surface area contributed by atoms with E-state index in [9.17, 15) is 13.2 Å². The number of carbonyl (C=O) groups excluding carboxylic acids is 1. The van der Waals surface area contributed by atoms with Crippen LogP contribution in [0.5, 0.6) is 0 Å². The normalized spacial score (nSPS) is 15.1. The van der Waals surface area contributed by atoms with E-state index in [2.05, 4.69) is 22.2 Å². The van der Waals surface area contributed by atoms with Gasteiger partial charge in [0.1, 0.15) is 4.90 Å². The van der Waals surface area contributed by atoms with E-state index in [1.54, 1.807) is 0 Å². The number of hydrogen-bond acceptors (Lipinski definition) is 3. The van der Waals surface area contributed by atoms with Crippen molar-refractivity contribution >= 4 is 27.5 Å². The lowest BCUT2D eigenvalue weighted by molar-refractivity contribution is 0.0939. The Hall–Kier alpha value is -1.89. The van der Waals surface area contributed by atoms with Gasteiger partial charge < -0.3 is 5.32 Å². The average molecular weight is 407 g/mol. The molecule has 0 aromatic heterocycles. The molecule has 0 heterocycles. The molecule has 2 aromatic carbocycles. The van der Waals surface area contributed by atoms with Gasteiger partial charge in [0.05, 0.1) is 11.1 Å². The second-order valence-corrected chi connectivity index (χ2v) is 9.05. The molecule has 0 radical (unpaired) electrons. The predicted octanol–water partition coefficient (Wildman–Crippen LogP) is 3.62. The lowest BCUT2D eigenvalue weighted by atomic mass is 9.89. The van der Waals surface area contributed by atoms with Crippen molar-refractivity contribution in [3.63, 3.8) is 0 Å². The maximum absolute atomic E-state index is 12.6. The van der Waals surface area contributed by atoms with Crippen molar-refractivity contribution in [3.8, 4) is 0 Å².